The summed E-state index contributed by atoms with van der Waals surface area (Å²) < 4.78 is 5.78. The van der Waals surface area contributed by atoms with E-state index in [4.69, 9.17) is 4.74 Å². The van der Waals surface area contributed by atoms with Crippen LogP contribution in [0.25, 0.3) is 10.8 Å². The molecule has 4 aromatic carbocycles. The van der Waals surface area contributed by atoms with Crippen molar-refractivity contribution in [2.45, 2.75) is 6.61 Å². The lowest BCUT2D eigenvalue weighted by molar-refractivity contribution is 0.102. The molecule has 0 radical (unpaired) electrons. The molecule has 3 nitrogen and oxygen atoms in total. The van der Waals surface area contributed by atoms with Gasteiger partial charge in [0.2, 0.25) is 0 Å². The number of anilines is 1. The Kier molecular flexibility index (Phi) is 4.84. The Morgan fingerprint density at radius 1 is 0.741 bits per heavy atom. The summed E-state index contributed by atoms with van der Waals surface area (Å²) in [6.45, 7) is 0.516. The van der Waals surface area contributed by atoms with Gasteiger partial charge in [0.05, 0.1) is 0 Å². The normalized spacial score (nSPS) is 10.5. The third-order valence-electron chi connectivity index (χ3n) is 4.39. The van der Waals surface area contributed by atoms with E-state index in [0.717, 1.165) is 27.8 Å². The van der Waals surface area contributed by atoms with Crippen LogP contribution in [0.2, 0.25) is 0 Å². The Balaban J connectivity index is 1.44. The molecule has 1 amide bonds. The van der Waals surface area contributed by atoms with Crippen LogP contribution in [0.4, 0.5) is 5.69 Å². The lowest BCUT2D eigenvalue weighted by Gasteiger charge is -2.10. The van der Waals surface area contributed by atoms with Crippen LogP contribution in [0.5, 0.6) is 5.75 Å². The van der Waals surface area contributed by atoms with Gasteiger partial charge >= 0.3 is 0 Å². The first-order valence-corrected chi connectivity index (χ1v) is 8.85. The molecular weight excluding hydrogens is 334 g/mol. The van der Waals surface area contributed by atoms with Crippen LogP contribution in [-0.4, -0.2) is 5.91 Å². The Labute approximate surface area is 158 Å². The number of ether oxygens (including phenoxy) is 1. The molecule has 3 heteroatoms. The smallest absolute Gasteiger partial charge is 0.256 e. The number of carbonyl (C=O) groups is 1. The quantitative estimate of drug-likeness (QED) is 0.502. The Hall–Kier alpha value is -3.59. The molecule has 0 saturated heterocycles. The van der Waals surface area contributed by atoms with Gasteiger partial charge in [0.1, 0.15) is 12.4 Å². The predicted molar refractivity (Wildman–Crippen MR) is 109 cm³/mol. The molecule has 0 atom stereocenters. The van der Waals surface area contributed by atoms with Crippen molar-refractivity contribution in [2.75, 3.05) is 5.32 Å². The first-order valence-electron chi connectivity index (χ1n) is 8.85. The van der Waals surface area contributed by atoms with E-state index in [9.17, 15) is 4.79 Å². The van der Waals surface area contributed by atoms with Crippen LogP contribution in [0, 0.1) is 0 Å². The molecule has 0 aromatic heterocycles. The van der Waals surface area contributed by atoms with E-state index in [2.05, 4.69) is 5.32 Å². The summed E-state index contributed by atoms with van der Waals surface area (Å²) in [6, 6.07) is 31.1. The van der Waals surface area contributed by atoms with Gasteiger partial charge in [-0.2, -0.15) is 0 Å². The number of carbonyl (C=O) groups excluding carboxylic acids is 1. The van der Waals surface area contributed by atoms with E-state index in [1.54, 1.807) is 0 Å². The third kappa shape index (κ3) is 3.98. The number of benzene rings is 4. The van der Waals surface area contributed by atoms with Crippen LogP contribution in [0.1, 0.15) is 15.9 Å². The van der Waals surface area contributed by atoms with Crippen LogP contribution in [0.3, 0.4) is 0 Å². The molecule has 0 aliphatic heterocycles. The number of rotatable bonds is 5. The second-order valence-corrected chi connectivity index (χ2v) is 6.28. The fourth-order valence-electron chi connectivity index (χ4n) is 3.00. The molecule has 0 spiro atoms. The van der Waals surface area contributed by atoms with Gasteiger partial charge in [-0.05, 0) is 46.7 Å². The molecule has 0 bridgehead atoms. The second-order valence-electron chi connectivity index (χ2n) is 6.28. The van der Waals surface area contributed by atoms with E-state index in [0.29, 0.717) is 12.2 Å². The molecule has 0 unspecified atom stereocenters. The predicted octanol–water partition coefficient (Wildman–Crippen LogP) is 5.67. The van der Waals surface area contributed by atoms with Crippen molar-refractivity contribution in [3.8, 4) is 5.75 Å². The molecule has 0 saturated carbocycles. The lowest BCUT2D eigenvalue weighted by atomic mass is 10.0. The van der Waals surface area contributed by atoms with Crippen molar-refractivity contribution in [1.29, 1.82) is 0 Å². The van der Waals surface area contributed by atoms with E-state index in [1.165, 1.54) is 0 Å². The van der Waals surface area contributed by atoms with Crippen LogP contribution in [-0.2, 0) is 6.61 Å². The van der Waals surface area contributed by atoms with E-state index in [-0.39, 0.29) is 5.91 Å². The molecule has 0 heterocycles. The average Bonchev–Trinajstić information content (AvgIpc) is 2.73. The molecule has 1 N–H and O–H groups in total. The van der Waals surface area contributed by atoms with Crippen LogP contribution >= 0.6 is 0 Å². The SMILES string of the molecule is O=C(Nc1ccc(OCc2ccccc2)cc1)c1cccc2ccccc12. The number of nitrogens with one attached hydrogen (secondary N) is 1. The van der Waals surface area contributed by atoms with Crippen molar-refractivity contribution in [2.24, 2.45) is 0 Å². The summed E-state index contributed by atoms with van der Waals surface area (Å²) in [5.41, 5.74) is 2.52. The highest BCUT2D eigenvalue weighted by molar-refractivity contribution is 6.12. The Bertz CT molecular complexity index is 1050. The molecule has 27 heavy (non-hydrogen) atoms. The minimum absolute atomic E-state index is 0.121. The maximum atomic E-state index is 12.7. The van der Waals surface area contributed by atoms with Crippen molar-refractivity contribution < 1.29 is 9.53 Å². The van der Waals surface area contributed by atoms with Gasteiger partial charge in [0.25, 0.3) is 5.91 Å². The fourth-order valence-corrected chi connectivity index (χ4v) is 3.00. The van der Waals surface area contributed by atoms with Gasteiger partial charge in [-0.1, -0.05) is 66.7 Å². The Morgan fingerprint density at radius 3 is 2.26 bits per heavy atom. The molecule has 0 aliphatic rings. The fraction of sp³-hybridized carbons (Fsp3) is 0.0417. The maximum Gasteiger partial charge on any atom is 0.256 e. The minimum atomic E-state index is -0.121. The monoisotopic (exact) mass is 353 g/mol. The van der Waals surface area contributed by atoms with Gasteiger partial charge in [0.15, 0.2) is 0 Å². The highest BCUT2D eigenvalue weighted by Crippen LogP contribution is 2.21. The first-order chi connectivity index (χ1) is 13.3. The van der Waals surface area contributed by atoms with Crippen molar-refractivity contribution in [3.63, 3.8) is 0 Å². The topological polar surface area (TPSA) is 38.3 Å². The van der Waals surface area contributed by atoms with Crippen LogP contribution < -0.4 is 10.1 Å². The molecule has 0 aliphatic carbocycles. The van der Waals surface area contributed by atoms with Gasteiger partial charge in [0, 0.05) is 11.3 Å². The lowest BCUT2D eigenvalue weighted by Crippen LogP contribution is -2.12. The molecule has 132 valence electrons. The Morgan fingerprint density at radius 2 is 1.44 bits per heavy atom. The van der Waals surface area contributed by atoms with Gasteiger partial charge in [-0.25, -0.2) is 0 Å². The molecule has 4 rings (SSSR count). The zero-order valence-corrected chi connectivity index (χ0v) is 14.8. The van der Waals surface area contributed by atoms with Crippen molar-refractivity contribution >= 4 is 22.4 Å². The number of hydrogen-bond acceptors (Lipinski definition) is 2. The summed E-state index contributed by atoms with van der Waals surface area (Å²) in [6.07, 6.45) is 0. The van der Waals surface area contributed by atoms with Gasteiger partial charge < -0.3 is 10.1 Å². The molecule has 0 fully saturated rings. The zero-order valence-electron chi connectivity index (χ0n) is 14.8. The largest absolute Gasteiger partial charge is 0.489 e. The average molecular weight is 353 g/mol. The summed E-state index contributed by atoms with van der Waals surface area (Å²) in [4.78, 5) is 12.7. The molecular formula is C24H19NO2. The number of fused-ring (bicyclic) bond motifs is 1. The third-order valence-corrected chi connectivity index (χ3v) is 4.39. The number of amides is 1. The summed E-state index contributed by atoms with van der Waals surface area (Å²) in [7, 11) is 0. The standard InChI is InChI=1S/C24H19NO2/c26-24(23-12-6-10-19-9-4-5-11-22(19)23)25-20-13-15-21(16-14-20)27-17-18-7-2-1-3-8-18/h1-16H,17H2,(H,25,26). The first kappa shape index (κ1) is 16.9. The summed E-state index contributed by atoms with van der Waals surface area (Å²) in [5, 5.41) is 4.95. The zero-order chi connectivity index (χ0) is 18.5. The molecule has 4 aromatic rings. The van der Waals surface area contributed by atoms with Crippen LogP contribution in [0.15, 0.2) is 97.1 Å². The van der Waals surface area contributed by atoms with E-state index < -0.39 is 0 Å². The number of hydrogen-bond donors (Lipinski definition) is 1. The minimum Gasteiger partial charge on any atom is -0.489 e. The highest BCUT2D eigenvalue weighted by atomic mass is 16.5. The second kappa shape index (κ2) is 7.75. The van der Waals surface area contributed by atoms with Crippen molar-refractivity contribution in [1.82, 2.24) is 0 Å². The summed E-state index contributed by atoms with van der Waals surface area (Å²) >= 11 is 0. The van der Waals surface area contributed by atoms with Gasteiger partial charge in [-0.15, -0.1) is 0 Å². The van der Waals surface area contributed by atoms with E-state index in [1.807, 2.05) is 97.1 Å². The van der Waals surface area contributed by atoms with Gasteiger partial charge in [-0.3, -0.25) is 4.79 Å². The summed E-state index contributed by atoms with van der Waals surface area (Å²) in [5.74, 6) is 0.645. The van der Waals surface area contributed by atoms with E-state index >= 15 is 0 Å². The van der Waals surface area contributed by atoms with Crippen molar-refractivity contribution in [3.05, 3.63) is 108 Å². The highest BCUT2D eigenvalue weighted by Gasteiger charge is 2.10. The maximum absolute atomic E-state index is 12.7.